The lowest BCUT2D eigenvalue weighted by atomic mass is 10.1. The highest BCUT2D eigenvalue weighted by Crippen LogP contribution is 2.15. The van der Waals surface area contributed by atoms with Crippen LogP contribution >= 0.6 is 11.6 Å². The fraction of sp³-hybridized carbons (Fsp3) is 0.154. The van der Waals surface area contributed by atoms with Gasteiger partial charge < -0.3 is 0 Å². The molecule has 0 unspecified atom stereocenters. The van der Waals surface area contributed by atoms with Crippen LogP contribution in [0.2, 0.25) is 5.15 Å². The Hall–Kier alpha value is -2.24. The van der Waals surface area contributed by atoms with Crippen LogP contribution in [-0.4, -0.2) is 18.6 Å². The molecule has 0 saturated heterocycles. The first kappa shape index (κ1) is 16.1. The van der Waals surface area contributed by atoms with Crippen LogP contribution in [0.4, 0.5) is 4.39 Å². The summed E-state index contributed by atoms with van der Waals surface area (Å²) >= 11 is 5.52. The normalized spacial score (nSPS) is 11.1. The lowest BCUT2D eigenvalue weighted by Crippen LogP contribution is -2.18. The zero-order valence-corrected chi connectivity index (χ0v) is 12.6. The molecule has 0 amide bonds. The van der Waals surface area contributed by atoms with Crippen molar-refractivity contribution in [2.45, 2.75) is 11.5 Å². The van der Waals surface area contributed by atoms with E-state index >= 15 is 0 Å². The molecule has 0 radical (unpaired) electrons. The lowest BCUT2D eigenvalue weighted by Gasteiger charge is -2.05. The molecule has 0 aliphatic heterocycles. The van der Waals surface area contributed by atoms with Gasteiger partial charge in [-0.1, -0.05) is 11.6 Å². The van der Waals surface area contributed by atoms with Gasteiger partial charge in [0.2, 0.25) is 5.43 Å². The number of nitrogens with zero attached hydrogens (tertiary/aromatic N) is 2. The average molecular weight is 342 g/mol. The molecular weight excluding hydrogens is 333 g/mol. The number of benzene rings is 1. The Morgan fingerprint density at radius 2 is 2.05 bits per heavy atom. The van der Waals surface area contributed by atoms with Crippen molar-refractivity contribution >= 4 is 21.4 Å². The Kier molecular flexibility index (Phi) is 4.59. The number of aromatic nitrogens is 2. The van der Waals surface area contributed by atoms with E-state index < -0.39 is 32.6 Å². The van der Waals surface area contributed by atoms with Crippen LogP contribution in [0.5, 0.6) is 0 Å². The van der Waals surface area contributed by atoms with Crippen molar-refractivity contribution in [3.8, 4) is 6.07 Å². The van der Waals surface area contributed by atoms with Gasteiger partial charge in [-0.2, -0.15) is 10.4 Å². The Bertz CT molecular complexity index is 919. The van der Waals surface area contributed by atoms with Crippen LogP contribution in [-0.2, 0) is 21.3 Å². The van der Waals surface area contributed by atoms with E-state index in [2.05, 4.69) is 10.2 Å². The summed E-state index contributed by atoms with van der Waals surface area (Å²) < 4.78 is 37.8. The molecule has 9 heteroatoms. The van der Waals surface area contributed by atoms with Crippen molar-refractivity contribution in [1.29, 1.82) is 5.26 Å². The molecular formula is C13H9ClFN3O3S. The van der Waals surface area contributed by atoms with Crippen molar-refractivity contribution < 1.29 is 12.8 Å². The quantitative estimate of drug-likeness (QED) is 0.908. The van der Waals surface area contributed by atoms with Gasteiger partial charge in [-0.3, -0.25) is 9.89 Å². The van der Waals surface area contributed by atoms with Crippen LogP contribution in [0.3, 0.4) is 0 Å². The Morgan fingerprint density at radius 1 is 1.32 bits per heavy atom. The third-order valence-electron chi connectivity index (χ3n) is 2.75. The molecule has 22 heavy (non-hydrogen) atoms. The van der Waals surface area contributed by atoms with Crippen LogP contribution in [0.25, 0.3) is 0 Å². The van der Waals surface area contributed by atoms with Crippen LogP contribution in [0, 0.1) is 17.1 Å². The Balaban J connectivity index is 2.29. The maximum Gasteiger partial charge on any atom is 0.205 e. The SMILES string of the molecule is N#Cc1ccc(F)c(CS(=O)(=O)Cc2n[nH]c(Cl)cc2=O)c1. The molecule has 1 aromatic heterocycles. The molecule has 2 aromatic rings. The van der Waals surface area contributed by atoms with Gasteiger partial charge >= 0.3 is 0 Å². The number of hydrogen-bond acceptors (Lipinski definition) is 5. The Labute approximate surface area is 130 Å². The number of hydrogen-bond donors (Lipinski definition) is 1. The monoisotopic (exact) mass is 341 g/mol. The smallest absolute Gasteiger partial charge is 0.205 e. The second kappa shape index (κ2) is 6.25. The van der Waals surface area contributed by atoms with Gasteiger partial charge in [0.15, 0.2) is 9.84 Å². The molecule has 0 aliphatic rings. The highest BCUT2D eigenvalue weighted by molar-refractivity contribution is 7.89. The van der Waals surface area contributed by atoms with Crippen molar-refractivity contribution in [2.24, 2.45) is 0 Å². The zero-order chi connectivity index (χ0) is 16.3. The van der Waals surface area contributed by atoms with Crippen LogP contribution in [0.1, 0.15) is 16.8 Å². The molecule has 0 aliphatic carbocycles. The van der Waals surface area contributed by atoms with Gasteiger partial charge in [0.25, 0.3) is 0 Å². The minimum Gasteiger partial charge on any atom is -0.288 e. The molecule has 1 heterocycles. The van der Waals surface area contributed by atoms with Gasteiger partial charge in [0.1, 0.15) is 16.7 Å². The summed E-state index contributed by atoms with van der Waals surface area (Å²) in [5.41, 5.74) is -0.849. The third-order valence-corrected chi connectivity index (χ3v) is 4.40. The minimum absolute atomic E-state index is 0.0149. The minimum atomic E-state index is -3.85. The Morgan fingerprint density at radius 3 is 2.68 bits per heavy atom. The number of sulfone groups is 1. The molecule has 0 bridgehead atoms. The molecule has 2 rings (SSSR count). The average Bonchev–Trinajstić information content (AvgIpc) is 2.44. The number of nitrogens with one attached hydrogen (secondary N) is 1. The molecule has 6 nitrogen and oxygen atoms in total. The van der Waals surface area contributed by atoms with Gasteiger partial charge in [-0.15, -0.1) is 0 Å². The van der Waals surface area contributed by atoms with E-state index in [1.54, 1.807) is 6.07 Å². The lowest BCUT2D eigenvalue weighted by molar-refractivity contribution is 0.585. The maximum atomic E-state index is 13.6. The second-order valence-corrected chi connectivity index (χ2v) is 6.95. The molecule has 0 spiro atoms. The van der Waals surface area contributed by atoms with E-state index in [-0.39, 0.29) is 22.0 Å². The summed E-state index contributed by atoms with van der Waals surface area (Å²) in [5, 5.41) is 14.6. The van der Waals surface area contributed by atoms with E-state index in [0.29, 0.717) is 0 Å². The first-order valence-electron chi connectivity index (χ1n) is 5.94. The fourth-order valence-corrected chi connectivity index (χ4v) is 3.32. The van der Waals surface area contributed by atoms with Crippen LogP contribution in [0.15, 0.2) is 29.1 Å². The summed E-state index contributed by atoms with van der Waals surface area (Å²) in [4.78, 5) is 11.6. The molecule has 0 atom stereocenters. The standard InChI is InChI=1S/C13H9ClFN3O3S/c14-13-4-12(19)11(17-18-13)7-22(20,21)6-9-3-8(5-16)1-2-10(9)15/h1-4H,6-7H2,(H,18,19). The van der Waals surface area contributed by atoms with E-state index in [1.165, 1.54) is 6.07 Å². The summed E-state index contributed by atoms with van der Waals surface area (Å²) in [6.45, 7) is 0. The van der Waals surface area contributed by atoms with E-state index in [1.807, 2.05) is 0 Å². The van der Waals surface area contributed by atoms with Crippen molar-refractivity contribution in [1.82, 2.24) is 10.2 Å². The fourth-order valence-electron chi connectivity index (χ4n) is 1.76. The molecule has 0 saturated carbocycles. The molecule has 1 N–H and O–H groups in total. The number of nitriles is 1. The van der Waals surface area contributed by atoms with Crippen LogP contribution < -0.4 is 5.43 Å². The maximum absolute atomic E-state index is 13.6. The van der Waals surface area contributed by atoms with Gasteiger partial charge in [0.05, 0.1) is 23.1 Å². The summed E-state index contributed by atoms with van der Waals surface area (Å²) in [6, 6.07) is 6.24. The first-order valence-corrected chi connectivity index (χ1v) is 8.14. The molecule has 1 aromatic carbocycles. The predicted molar refractivity (Wildman–Crippen MR) is 77.3 cm³/mol. The van der Waals surface area contributed by atoms with Crippen molar-refractivity contribution in [3.05, 3.63) is 62.3 Å². The predicted octanol–water partition coefficient (Wildman–Crippen LogP) is 1.55. The number of halogens is 2. The number of rotatable bonds is 4. The summed E-state index contributed by atoms with van der Waals surface area (Å²) in [7, 11) is -3.85. The number of H-pyrrole nitrogens is 1. The van der Waals surface area contributed by atoms with E-state index in [9.17, 15) is 17.6 Å². The summed E-state index contributed by atoms with van der Waals surface area (Å²) in [6.07, 6.45) is 0. The highest BCUT2D eigenvalue weighted by Gasteiger charge is 2.19. The van der Waals surface area contributed by atoms with Gasteiger partial charge in [-0.05, 0) is 18.2 Å². The number of aromatic amines is 1. The molecule has 0 fully saturated rings. The third kappa shape index (κ3) is 3.90. The first-order chi connectivity index (χ1) is 10.3. The molecule has 114 valence electrons. The van der Waals surface area contributed by atoms with Crippen molar-refractivity contribution in [3.63, 3.8) is 0 Å². The van der Waals surface area contributed by atoms with Gasteiger partial charge in [-0.25, -0.2) is 12.8 Å². The van der Waals surface area contributed by atoms with Gasteiger partial charge in [0, 0.05) is 11.6 Å². The second-order valence-electron chi connectivity index (χ2n) is 4.48. The van der Waals surface area contributed by atoms with E-state index in [4.69, 9.17) is 16.9 Å². The summed E-state index contributed by atoms with van der Waals surface area (Å²) in [5.74, 6) is -2.03. The van der Waals surface area contributed by atoms with E-state index in [0.717, 1.165) is 18.2 Å². The zero-order valence-electron chi connectivity index (χ0n) is 11.0. The van der Waals surface area contributed by atoms with Crippen molar-refractivity contribution in [2.75, 3.05) is 0 Å². The largest absolute Gasteiger partial charge is 0.288 e. The highest BCUT2D eigenvalue weighted by atomic mass is 35.5. The topological polar surface area (TPSA) is 104 Å².